The van der Waals surface area contributed by atoms with Crippen molar-refractivity contribution in [2.75, 3.05) is 0 Å². The van der Waals surface area contributed by atoms with E-state index >= 15 is 0 Å². The Bertz CT molecular complexity index is 1100. The Morgan fingerprint density at radius 1 is 1.06 bits per heavy atom. The monoisotopic (exact) mass is 485 g/mol. The molecule has 1 heterocycles. The maximum Gasteiger partial charge on any atom is 0.195 e. The zero-order valence-electron chi connectivity index (χ0n) is 21.5. The Kier molecular flexibility index (Phi) is 5.82. The molecule has 0 aliphatic heterocycles. The normalized spacial score (nSPS) is 41.9. The summed E-state index contributed by atoms with van der Waals surface area (Å²) in [7, 11) is 0. The maximum atomic E-state index is 14.1. The van der Waals surface area contributed by atoms with Crippen molar-refractivity contribution in [3.05, 3.63) is 29.7 Å². The molecule has 2 aromatic rings. The molecule has 4 fully saturated rings. The number of aliphatic hydroxyl groups is 1. The number of benzene rings is 1. The highest BCUT2D eigenvalue weighted by molar-refractivity contribution is 5.73. The number of hydrogen-bond acceptors (Lipinski definition) is 3. The molecule has 6 rings (SSSR count). The first kappa shape index (κ1) is 23.9. The molecule has 0 spiro atoms. The molecule has 5 heteroatoms. The van der Waals surface area contributed by atoms with Gasteiger partial charge in [-0.3, -0.25) is 0 Å². The van der Waals surface area contributed by atoms with E-state index < -0.39 is 11.6 Å². The van der Waals surface area contributed by atoms with Gasteiger partial charge in [0.1, 0.15) is 5.52 Å². The van der Waals surface area contributed by atoms with Crippen molar-refractivity contribution in [2.45, 2.75) is 97.5 Å². The summed E-state index contributed by atoms with van der Waals surface area (Å²) < 4.78 is 33.4. The van der Waals surface area contributed by atoms with E-state index in [4.69, 9.17) is 4.42 Å². The predicted octanol–water partition coefficient (Wildman–Crippen LogP) is 7.69. The van der Waals surface area contributed by atoms with Crippen LogP contribution in [0.3, 0.4) is 0 Å². The average molecular weight is 486 g/mol. The fourth-order valence-electron chi connectivity index (χ4n) is 9.87. The lowest BCUT2D eigenvalue weighted by atomic mass is 9.44. The first-order chi connectivity index (χ1) is 16.7. The van der Waals surface area contributed by atoms with Crippen LogP contribution in [0.25, 0.3) is 11.1 Å². The summed E-state index contributed by atoms with van der Waals surface area (Å²) in [5.41, 5.74) is 1.02. The smallest absolute Gasteiger partial charge is 0.195 e. The van der Waals surface area contributed by atoms with Gasteiger partial charge in [-0.1, -0.05) is 33.6 Å². The number of aryl methyl sites for hydroxylation is 1. The molecule has 1 aromatic carbocycles. The lowest BCUT2D eigenvalue weighted by molar-refractivity contribution is -0.164. The Hall–Kier alpha value is -1.49. The maximum absolute atomic E-state index is 14.1. The molecule has 0 amide bonds. The van der Waals surface area contributed by atoms with Gasteiger partial charge in [0.25, 0.3) is 0 Å². The van der Waals surface area contributed by atoms with Crippen LogP contribution in [0.15, 0.2) is 16.5 Å². The van der Waals surface area contributed by atoms with Crippen LogP contribution in [0.5, 0.6) is 0 Å². The van der Waals surface area contributed by atoms with Crippen LogP contribution in [0.1, 0.15) is 90.9 Å². The molecule has 3 nitrogen and oxygen atoms in total. The molecule has 35 heavy (non-hydrogen) atoms. The Labute approximate surface area is 208 Å². The van der Waals surface area contributed by atoms with Gasteiger partial charge >= 0.3 is 0 Å². The van der Waals surface area contributed by atoms with Gasteiger partial charge in [0.15, 0.2) is 23.1 Å². The minimum atomic E-state index is -0.923. The Morgan fingerprint density at radius 3 is 2.69 bits per heavy atom. The zero-order valence-corrected chi connectivity index (χ0v) is 21.5. The third-order valence-electron chi connectivity index (χ3n) is 11.7. The summed E-state index contributed by atoms with van der Waals surface area (Å²) in [6.45, 7) is 7.43. The van der Waals surface area contributed by atoms with Crippen LogP contribution in [-0.4, -0.2) is 16.2 Å². The van der Waals surface area contributed by atoms with Crippen LogP contribution in [0.4, 0.5) is 8.78 Å². The second-order valence-corrected chi connectivity index (χ2v) is 13.1. The predicted molar refractivity (Wildman–Crippen MR) is 133 cm³/mol. The molecule has 0 radical (unpaired) electrons. The van der Waals surface area contributed by atoms with Crippen LogP contribution < -0.4 is 0 Å². The molecular formula is C30H41F2NO2. The molecule has 0 bridgehead atoms. The van der Waals surface area contributed by atoms with Gasteiger partial charge in [-0.15, -0.1) is 0 Å². The second kappa shape index (κ2) is 8.53. The van der Waals surface area contributed by atoms with Gasteiger partial charge < -0.3 is 9.52 Å². The summed E-state index contributed by atoms with van der Waals surface area (Å²) in [5.74, 6) is 2.27. The number of aliphatic hydroxyl groups excluding tert-OH is 1. The molecule has 1 aromatic heterocycles. The van der Waals surface area contributed by atoms with E-state index in [0.29, 0.717) is 58.8 Å². The molecule has 1 N–H and O–H groups in total. The lowest BCUT2D eigenvalue weighted by Gasteiger charge is -2.62. The van der Waals surface area contributed by atoms with Crippen LogP contribution in [0, 0.1) is 58.0 Å². The standard InChI is InChI=1S/C30H41F2NO2/c1-17(7-12-25-33-28-24(35-25)11-10-22(31)27(28)32)19-8-9-20-26-21(13-15-30(19,20)3)29(2)14-5-4-6-18(29)16-23(26)34/h10-11,17-21,23,26,34H,4-9,12-16H2,1-3H3. The number of halogens is 2. The summed E-state index contributed by atoms with van der Waals surface area (Å²) in [6, 6.07) is 2.56. The summed E-state index contributed by atoms with van der Waals surface area (Å²) in [6.07, 6.45) is 12.8. The summed E-state index contributed by atoms with van der Waals surface area (Å²) in [4.78, 5) is 4.27. The zero-order chi connectivity index (χ0) is 24.5. The van der Waals surface area contributed by atoms with E-state index in [2.05, 4.69) is 25.8 Å². The SMILES string of the molecule is CC(CCc1nc2c(F)c(F)ccc2o1)C1CCC2C3C(O)CC4CCCCC4(C)C3CCC12C. The van der Waals surface area contributed by atoms with Gasteiger partial charge in [0.05, 0.1) is 6.10 Å². The molecule has 0 saturated heterocycles. The van der Waals surface area contributed by atoms with E-state index in [1.54, 1.807) is 0 Å². The Morgan fingerprint density at radius 2 is 1.86 bits per heavy atom. The Balaban J connectivity index is 1.18. The van der Waals surface area contributed by atoms with E-state index in [0.717, 1.165) is 18.9 Å². The van der Waals surface area contributed by atoms with Crippen molar-refractivity contribution in [3.63, 3.8) is 0 Å². The quantitative estimate of drug-likeness (QED) is 0.483. The molecule has 4 saturated carbocycles. The molecular weight excluding hydrogens is 444 g/mol. The topological polar surface area (TPSA) is 46.3 Å². The number of oxazole rings is 1. The van der Waals surface area contributed by atoms with Crippen molar-refractivity contribution in [1.29, 1.82) is 0 Å². The fourth-order valence-corrected chi connectivity index (χ4v) is 9.87. The number of aromatic nitrogens is 1. The highest BCUT2D eigenvalue weighted by Gasteiger charge is 2.62. The van der Waals surface area contributed by atoms with Crippen molar-refractivity contribution in [3.8, 4) is 0 Å². The fraction of sp³-hybridized carbons (Fsp3) is 0.767. The van der Waals surface area contributed by atoms with E-state index in [1.807, 2.05) is 0 Å². The van der Waals surface area contributed by atoms with Crippen LogP contribution in [0.2, 0.25) is 0 Å². The highest BCUT2D eigenvalue weighted by atomic mass is 19.2. The molecule has 192 valence electrons. The third-order valence-corrected chi connectivity index (χ3v) is 11.7. The third kappa shape index (κ3) is 3.61. The van der Waals surface area contributed by atoms with Crippen LogP contribution >= 0.6 is 0 Å². The van der Waals surface area contributed by atoms with Gasteiger partial charge in [0.2, 0.25) is 0 Å². The van der Waals surface area contributed by atoms with Crippen molar-refractivity contribution < 1.29 is 18.3 Å². The second-order valence-electron chi connectivity index (χ2n) is 13.1. The average Bonchev–Trinajstić information content (AvgIpc) is 3.41. The van der Waals surface area contributed by atoms with Gasteiger partial charge in [-0.2, -0.15) is 0 Å². The summed E-state index contributed by atoms with van der Waals surface area (Å²) in [5, 5.41) is 11.4. The molecule has 9 atom stereocenters. The van der Waals surface area contributed by atoms with E-state index in [9.17, 15) is 13.9 Å². The van der Waals surface area contributed by atoms with Gasteiger partial charge in [-0.25, -0.2) is 13.8 Å². The van der Waals surface area contributed by atoms with Gasteiger partial charge in [-0.05, 0) is 110 Å². The number of rotatable bonds is 4. The summed E-state index contributed by atoms with van der Waals surface area (Å²) >= 11 is 0. The van der Waals surface area contributed by atoms with Crippen molar-refractivity contribution in [1.82, 2.24) is 4.98 Å². The highest BCUT2D eigenvalue weighted by Crippen LogP contribution is 2.68. The largest absolute Gasteiger partial charge is 0.441 e. The number of nitrogens with zero attached hydrogens (tertiary/aromatic N) is 1. The minimum absolute atomic E-state index is 0.000310. The van der Waals surface area contributed by atoms with Crippen LogP contribution in [-0.2, 0) is 6.42 Å². The lowest BCUT2D eigenvalue weighted by Crippen LogP contribution is -2.57. The van der Waals surface area contributed by atoms with Crippen molar-refractivity contribution in [2.24, 2.45) is 46.3 Å². The van der Waals surface area contributed by atoms with Crippen molar-refractivity contribution >= 4 is 11.1 Å². The molecule has 9 unspecified atom stereocenters. The van der Waals surface area contributed by atoms with E-state index in [1.165, 1.54) is 57.4 Å². The first-order valence-electron chi connectivity index (χ1n) is 14.1. The van der Waals surface area contributed by atoms with E-state index in [-0.39, 0.29) is 17.0 Å². The number of hydrogen-bond donors (Lipinski definition) is 1. The van der Waals surface area contributed by atoms with Gasteiger partial charge in [0, 0.05) is 6.42 Å². The minimum Gasteiger partial charge on any atom is -0.441 e. The molecule has 4 aliphatic carbocycles. The first-order valence-corrected chi connectivity index (χ1v) is 14.1. The number of fused-ring (bicyclic) bond motifs is 6. The molecule has 4 aliphatic rings.